The lowest BCUT2D eigenvalue weighted by molar-refractivity contribution is -0.151. The molecule has 3 N–H and O–H groups in total. The van der Waals surface area contributed by atoms with Gasteiger partial charge >= 0.3 is 5.97 Å². The summed E-state index contributed by atoms with van der Waals surface area (Å²) in [4.78, 5) is 26.1. The van der Waals surface area contributed by atoms with Crippen LogP contribution in [-0.2, 0) is 14.3 Å². The summed E-state index contributed by atoms with van der Waals surface area (Å²) in [7, 11) is 0. The molecule has 1 amide bonds. The number of esters is 1. The maximum absolute atomic E-state index is 13.2. The molecule has 61 heavy (non-hydrogen) atoms. The number of aliphatic hydroxyl groups is 2. The number of rotatable bonds is 46. The average Bonchev–Trinajstić information content (AvgIpc) is 3.25. The van der Waals surface area contributed by atoms with Crippen molar-refractivity contribution in [2.75, 3.05) is 6.61 Å². The minimum Gasteiger partial charge on any atom is -0.462 e. The molecule has 0 rings (SSSR count). The maximum atomic E-state index is 13.2. The largest absolute Gasteiger partial charge is 0.462 e. The Bertz CT molecular complexity index is 1090. The normalized spacial score (nSPS) is 13.7. The highest BCUT2D eigenvalue weighted by molar-refractivity contribution is 5.77. The van der Waals surface area contributed by atoms with E-state index in [9.17, 15) is 19.8 Å². The predicted octanol–water partition coefficient (Wildman–Crippen LogP) is 15.6. The standard InChI is InChI=1S/C55H99NO5/c1-4-7-10-13-16-19-22-25-26-27-28-30-33-36-39-42-45-48-55(60)61-51(46-43-40-37-34-31-24-21-18-15-12-9-6-3)49-54(59)56-52(50-57)53(58)47-44-41-38-35-32-29-23-20-17-14-11-8-5-2/h9,12,16,18-19,21,25-26,28,30,51-53,57-58H,4-8,10-11,13-15,17,20,22-24,27,29,31-50H2,1-3H3,(H,56,59)/b12-9+,19-16-,21-18+,26-25-,30-28-. The summed E-state index contributed by atoms with van der Waals surface area (Å²) in [6.45, 7) is 6.34. The lowest BCUT2D eigenvalue weighted by Gasteiger charge is -2.24. The van der Waals surface area contributed by atoms with Crippen molar-refractivity contribution >= 4 is 11.9 Å². The van der Waals surface area contributed by atoms with Gasteiger partial charge in [-0.25, -0.2) is 0 Å². The summed E-state index contributed by atoms with van der Waals surface area (Å²) in [6, 6.07) is -0.712. The van der Waals surface area contributed by atoms with Crippen molar-refractivity contribution < 1.29 is 24.5 Å². The van der Waals surface area contributed by atoms with Gasteiger partial charge in [0.15, 0.2) is 0 Å². The molecule has 3 unspecified atom stereocenters. The molecule has 0 heterocycles. The quantitative estimate of drug-likeness (QED) is 0.0322. The Kier molecular flexibility index (Phi) is 46.6. The molecule has 6 heteroatoms. The van der Waals surface area contributed by atoms with Gasteiger partial charge in [0.1, 0.15) is 6.10 Å². The van der Waals surface area contributed by atoms with E-state index in [1.165, 1.54) is 103 Å². The van der Waals surface area contributed by atoms with Gasteiger partial charge in [-0.15, -0.1) is 0 Å². The number of ether oxygens (including phenoxy) is 1. The zero-order valence-corrected chi connectivity index (χ0v) is 40.3. The fraction of sp³-hybridized carbons (Fsp3) is 0.782. The van der Waals surface area contributed by atoms with E-state index >= 15 is 0 Å². The second kappa shape index (κ2) is 48.6. The lowest BCUT2D eigenvalue weighted by atomic mass is 10.0. The first-order valence-corrected chi connectivity index (χ1v) is 26.0. The Labute approximate surface area is 378 Å². The fourth-order valence-electron chi connectivity index (χ4n) is 7.65. The topological polar surface area (TPSA) is 95.9 Å². The number of hydrogen-bond donors (Lipinski definition) is 3. The number of allylic oxidation sites excluding steroid dienone is 10. The Morgan fingerprint density at radius 2 is 0.885 bits per heavy atom. The molecule has 0 spiro atoms. The van der Waals surface area contributed by atoms with Crippen molar-refractivity contribution in [1.82, 2.24) is 5.32 Å². The molecule has 3 atom stereocenters. The first kappa shape index (κ1) is 58.6. The van der Waals surface area contributed by atoms with Crippen LogP contribution in [-0.4, -0.2) is 46.9 Å². The van der Waals surface area contributed by atoms with Crippen LogP contribution in [0.15, 0.2) is 60.8 Å². The third kappa shape index (κ3) is 44.0. The van der Waals surface area contributed by atoms with Gasteiger partial charge < -0.3 is 20.3 Å². The number of carbonyl (C=O) groups is 2. The lowest BCUT2D eigenvalue weighted by Crippen LogP contribution is -2.46. The molecule has 0 aliphatic rings. The van der Waals surface area contributed by atoms with Crippen molar-refractivity contribution in [3.63, 3.8) is 0 Å². The molecule has 0 fully saturated rings. The predicted molar refractivity (Wildman–Crippen MR) is 264 cm³/mol. The van der Waals surface area contributed by atoms with Crippen LogP contribution in [0, 0.1) is 0 Å². The summed E-state index contributed by atoms with van der Waals surface area (Å²) < 4.78 is 5.92. The van der Waals surface area contributed by atoms with Crippen LogP contribution in [0.2, 0.25) is 0 Å². The zero-order valence-electron chi connectivity index (χ0n) is 40.3. The van der Waals surface area contributed by atoms with Crippen molar-refractivity contribution in [3.05, 3.63) is 60.8 Å². The number of nitrogens with one attached hydrogen (secondary N) is 1. The molecule has 0 aliphatic heterocycles. The minimum absolute atomic E-state index is 0.0578. The van der Waals surface area contributed by atoms with E-state index in [1.807, 2.05) is 0 Å². The van der Waals surface area contributed by atoms with Gasteiger partial charge in [-0.3, -0.25) is 9.59 Å². The molecule has 354 valence electrons. The highest BCUT2D eigenvalue weighted by Gasteiger charge is 2.24. The van der Waals surface area contributed by atoms with Gasteiger partial charge in [-0.2, -0.15) is 0 Å². The molecule has 0 saturated carbocycles. The van der Waals surface area contributed by atoms with Crippen molar-refractivity contribution in [1.29, 1.82) is 0 Å². The van der Waals surface area contributed by atoms with Crippen molar-refractivity contribution in [2.45, 2.75) is 270 Å². The average molecular weight is 854 g/mol. The van der Waals surface area contributed by atoms with Crippen LogP contribution in [0.25, 0.3) is 0 Å². The van der Waals surface area contributed by atoms with Gasteiger partial charge in [0.05, 0.1) is 25.2 Å². The number of hydrogen-bond acceptors (Lipinski definition) is 5. The Morgan fingerprint density at radius 3 is 1.38 bits per heavy atom. The molecule has 0 aromatic rings. The van der Waals surface area contributed by atoms with Crippen LogP contribution in [0.3, 0.4) is 0 Å². The van der Waals surface area contributed by atoms with Gasteiger partial charge in [0.25, 0.3) is 0 Å². The summed E-state index contributed by atoms with van der Waals surface area (Å²) in [5, 5.41) is 23.8. The van der Waals surface area contributed by atoms with E-state index in [1.54, 1.807) is 0 Å². The SMILES string of the molecule is CC/C=C/C/C=C/CCCCCCCC(CC(=O)NC(CO)C(O)CCCCCCCCCCCCCCC)OC(=O)CCCCCC/C=C\C/C=C\C/C=C\CCCCC. The summed E-state index contributed by atoms with van der Waals surface area (Å²) in [6.07, 6.45) is 59.9. The summed E-state index contributed by atoms with van der Waals surface area (Å²) in [5.74, 6) is -0.512. The van der Waals surface area contributed by atoms with E-state index in [0.717, 1.165) is 103 Å². The fourth-order valence-corrected chi connectivity index (χ4v) is 7.65. The van der Waals surface area contributed by atoms with E-state index in [0.29, 0.717) is 19.3 Å². The molecule has 0 aliphatic carbocycles. The van der Waals surface area contributed by atoms with E-state index in [2.05, 4.69) is 86.8 Å². The van der Waals surface area contributed by atoms with Crippen LogP contribution in [0.4, 0.5) is 0 Å². The molecule has 0 aromatic heterocycles. The van der Waals surface area contributed by atoms with Gasteiger partial charge in [-0.1, -0.05) is 210 Å². The monoisotopic (exact) mass is 854 g/mol. The third-order valence-electron chi connectivity index (χ3n) is 11.6. The zero-order chi connectivity index (χ0) is 44.5. The Balaban J connectivity index is 4.60. The highest BCUT2D eigenvalue weighted by atomic mass is 16.5. The van der Waals surface area contributed by atoms with E-state index in [4.69, 9.17) is 4.74 Å². The maximum Gasteiger partial charge on any atom is 0.306 e. The van der Waals surface area contributed by atoms with Crippen molar-refractivity contribution in [3.8, 4) is 0 Å². The number of aliphatic hydroxyl groups excluding tert-OH is 2. The van der Waals surface area contributed by atoms with Gasteiger partial charge in [0, 0.05) is 6.42 Å². The number of unbranched alkanes of at least 4 members (excludes halogenated alkanes) is 24. The first-order chi connectivity index (χ1) is 30.0. The van der Waals surface area contributed by atoms with Gasteiger partial charge in [0.2, 0.25) is 5.91 Å². The second-order valence-electron chi connectivity index (χ2n) is 17.5. The first-order valence-electron chi connectivity index (χ1n) is 26.0. The summed E-state index contributed by atoms with van der Waals surface area (Å²) in [5.41, 5.74) is 0. The molecular weight excluding hydrogens is 755 g/mol. The molecule has 0 bridgehead atoms. The summed E-state index contributed by atoms with van der Waals surface area (Å²) >= 11 is 0. The van der Waals surface area contributed by atoms with Crippen LogP contribution < -0.4 is 5.32 Å². The van der Waals surface area contributed by atoms with E-state index < -0.39 is 18.2 Å². The smallest absolute Gasteiger partial charge is 0.306 e. The molecule has 0 radical (unpaired) electrons. The van der Waals surface area contributed by atoms with Crippen LogP contribution in [0.1, 0.15) is 252 Å². The Morgan fingerprint density at radius 1 is 0.492 bits per heavy atom. The molecule has 6 nitrogen and oxygen atoms in total. The van der Waals surface area contributed by atoms with Crippen molar-refractivity contribution in [2.24, 2.45) is 0 Å². The number of carbonyl (C=O) groups excluding carboxylic acids is 2. The molecule has 0 saturated heterocycles. The second-order valence-corrected chi connectivity index (χ2v) is 17.5. The Hall–Kier alpha value is -2.44. The molecule has 0 aromatic carbocycles. The minimum atomic E-state index is -0.796. The van der Waals surface area contributed by atoms with Gasteiger partial charge in [-0.05, 0) is 89.9 Å². The number of amides is 1. The van der Waals surface area contributed by atoms with Crippen LogP contribution in [0.5, 0.6) is 0 Å². The third-order valence-corrected chi connectivity index (χ3v) is 11.6. The van der Waals surface area contributed by atoms with Crippen LogP contribution >= 0.6 is 0 Å². The van der Waals surface area contributed by atoms with E-state index in [-0.39, 0.29) is 24.9 Å². The molecular formula is C55H99NO5. The highest BCUT2D eigenvalue weighted by Crippen LogP contribution is 2.17.